The predicted molar refractivity (Wildman–Crippen MR) is 72.8 cm³/mol. The summed E-state index contributed by atoms with van der Waals surface area (Å²) in [5.74, 6) is -0.233. The van der Waals surface area contributed by atoms with Crippen molar-refractivity contribution in [2.45, 2.75) is 13.8 Å². The van der Waals surface area contributed by atoms with Crippen LogP contribution in [0.25, 0.3) is 6.08 Å². The maximum absolute atomic E-state index is 13.0. The summed E-state index contributed by atoms with van der Waals surface area (Å²) in [5.41, 5.74) is 1.38. The van der Waals surface area contributed by atoms with Crippen molar-refractivity contribution in [1.82, 2.24) is 4.90 Å². The fourth-order valence-electron chi connectivity index (χ4n) is 1.94. The third-order valence-corrected chi connectivity index (χ3v) is 2.71. The third kappa shape index (κ3) is 4.41. The van der Waals surface area contributed by atoms with E-state index in [1.165, 1.54) is 12.1 Å². The molecule has 1 unspecified atom stereocenters. The molecule has 0 radical (unpaired) electrons. The lowest BCUT2D eigenvalue weighted by Crippen LogP contribution is -2.26. The Morgan fingerprint density at radius 2 is 2.11 bits per heavy atom. The summed E-state index contributed by atoms with van der Waals surface area (Å²) < 4.78 is 13.0. The second-order valence-electron chi connectivity index (χ2n) is 4.91. The third-order valence-electron chi connectivity index (χ3n) is 2.71. The fraction of sp³-hybridized carbons (Fsp3) is 0.400. The van der Waals surface area contributed by atoms with Crippen LogP contribution >= 0.6 is 0 Å². The maximum Gasteiger partial charge on any atom is 0.162 e. The molecule has 0 fully saturated rings. The number of carbonyl (C=O) groups is 1. The molecule has 0 spiro atoms. The van der Waals surface area contributed by atoms with Crippen molar-refractivity contribution in [2.75, 3.05) is 20.6 Å². The van der Waals surface area contributed by atoms with E-state index in [0.29, 0.717) is 12.1 Å². The Kier molecular flexibility index (Phi) is 5.23. The van der Waals surface area contributed by atoms with Gasteiger partial charge in [0.15, 0.2) is 5.78 Å². The summed E-state index contributed by atoms with van der Waals surface area (Å²) in [6.07, 6.45) is 1.73. The Bertz CT molecular complexity index is 452. The van der Waals surface area contributed by atoms with Crippen molar-refractivity contribution in [3.63, 3.8) is 0 Å². The van der Waals surface area contributed by atoms with Crippen LogP contribution in [0.5, 0.6) is 0 Å². The van der Waals surface area contributed by atoms with Crippen LogP contribution in [0.15, 0.2) is 29.8 Å². The molecule has 1 aromatic carbocycles. The molecular formula is C15H20FNO. The van der Waals surface area contributed by atoms with E-state index >= 15 is 0 Å². The van der Waals surface area contributed by atoms with Gasteiger partial charge in [0.25, 0.3) is 0 Å². The molecule has 1 aromatic rings. The Balaban J connectivity index is 2.80. The van der Waals surface area contributed by atoms with Crippen molar-refractivity contribution < 1.29 is 9.18 Å². The van der Waals surface area contributed by atoms with Crippen LogP contribution in [0, 0.1) is 11.7 Å². The molecule has 0 N–H and O–H groups in total. The van der Waals surface area contributed by atoms with Gasteiger partial charge in [-0.1, -0.05) is 19.1 Å². The standard InChI is InChI=1S/C15H20FNO/c1-11(15(18)12(2)10-17(3)4)8-13-6-5-7-14(16)9-13/h5-9,12H,10H2,1-4H3. The van der Waals surface area contributed by atoms with Crippen LogP contribution in [-0.2, 0) is 4.79 Å². The molecule has 98 valence electrons. The number of benzene rings is 1. The van der Waals surface area contributed by atoms with Crippen molar-refractivity contribution >= 4 is 11.9 Å². The molecule has 1 atom stereocenters. The first kappa shape index (κ1) is 14.6. The molecule has 0 saturated heterocycles. The number of ketones is 1. The van der Waals surface area contributed by atoms with Gasteiger partial charge in [0, 0.05) is 12.5 Å². The highest BCUT2D eigenvalue weighted by Gasteiger charge is 2.15. The number of rotatable bonds is 5. The van der Waals surface area contributed by atoms with Gasteiger partial charge in [-0.2, -0.15) is 0 Å². The van der Waals surface area contributed by atoms with E-state index in [1.54, 1.807) is 25.1 Å². The molecule has 0 aliphatic heterocycles. The Morgan fingerprint density at radius 3 is 2.67 bits per heavy atom. The lowest BCUT2D eigenvalue weighted by molar-refractivity contribution is -0.119. The summed E-state index contributed by atoms with van der Waals surface area (Å²) >= 11 is 0. The summed E-state index contributed by atoms with van der Waals surface area (Å²) in [5, 5.41) is 0. The number of carbonyl (C=O) groups excluding carboxylic acids is 1. The second kappa shape index (κ2) is 6.45. The molecule has 0 heterocycles. The number of Topliss-reactive ketones (excluding diaryl/α,β-unsaturated/α-hetero) is 1. The summed E-state index contributed by atoms with van der Waals surface area (Å²) in [6.45, 7) is 4.40. The van der Waals surface area contributed by atoms with Crippen LogP contribution in [0.4, 0.5) is 4.39 Å². The molecule has 1 rings (SSSR count). The number of nitrogens with zero attached hydrogens (tertiary/aromatic N) is 1. The van der Waals surface area contributed by atoms with Gasteiger partial charge in [0.2, 0.25) is 0 Å². The lowest BCUT2D eigenvalue weighted by atomic mass is 9.98. The summed E-state index contributed by atoms with van der Waals surface area (Å²) in [6, 6.07) is 6.25. The van der Waals surface area contributed by atoms with Crippen LogP contribution in [-0.4, -0.2) is 31.3 Å². The average molecular weight is 249 g/mol. The van der Waals surface area contributed by atoms with E-state index in [1.807, 2.05) is 25.9 Å². The first-order chi connectivity index (χ1) is 8.40. The minimum absolute atomic E-state index is 0.0511. The average Bonchev–Trinajstić information content (AvgIpc) is 2.27. The first-order valence-electron chi connectivity index (χ1n) is 6.03. The zero-order valence-corrected chi connectivity index (χ0v) is 11.4. The van der Waals surface area contributed by atoms with Gasteiger partial charge in [0.05, 0.1) is 0 Å². The van der Waals surface area contributed by atoms with Crippen molar-refractivity contribution in [3.05, 3.63) is 41.2 Å². The lowest BCUT2D eigenvalue weighted by Gasteiger charge is -2.16. The molecule has 0 aliphatic carbocycles. The fourth-order valence-corrected chi connectivity index (χ4v) is 1.94. The SMILES string of the molecule is CC(=Cc1cccc(F)c1)C(=O)C(C)CN(C)C. The van der Waals surface area contributed by atoms with Gasteiger partial charge in [0.1, 0.15) is 5.82 Å². The van der Waals surface area contributed by atoms with Crippen LogP contribution in [0.2, 0.25) is 0 Å². The van der Waals surface area contributed by atoms with Gasteiger partial charge in [-0.25, -0.2) is 4.39 Å². The first-order valence-corrected chi connectivity index (χ1v) is 6.03. The molecule has 0 aliphatic rings. The molecule has 18 heavy (non-hydrogen) atoms. The largest absolute Gasteiger partial charge is 0.309 e. The van der Waals surface area contributed by atoms with Gasteiger partial charge in [-0.05, 0) is 50.4 Å². The van der Waals surface area contributed by atoms with Crippen LogP contribution < -0.4 is 0 Å². The van der Waals surface area contributed by atoms with E-state index in [9.17, 15) is 9.18 Å². The summed E-state index contributed by atoms with van der Waals surface area (Å²) in [7, 11) is 3.88. The Labute approximate surface area is 108 Å². The number of hydrogen-bond acceptors (Lipinski definition) is 2. The van der Waals surface area contributed by atoms with E-state index in [2.05, 4.69) is 0 Å². The quantitative estimate of drug-likeness (QED) is 0.748. The smallest absolute Gasteiger partial charge is 0.162 e. The van der Waals surface area contributed by atoms with E-state index < -0.39 is 0 Å². The molecule has 2 nitrogen and oxygen atoms in total. The van der Waals surface area contributed by atoms with E-state index in [0.717, 1.165) is 5.56 Å². The number of allylic oxidation sites excluding steroid dienone is 1. The molecule has 0 saturated carbocycles. The van der Waals surface area contributed by atoms with E-state index in [-0.39, 0.29) is 17.5 Å². The van der Waals surface area contributed by atoms with Gasteiger partial charge >= 0.3 is 0 Å². The predicted octanol–water partition coefficient (Wildman–Crippen LogP) is 3.00. The normalized spacial score (nSPS) is 13.8. The van der Waals surface area contributed by atoms with Gasteiger partial charge in [-0.15, -0.1) is 0 Å². The zero-order valence-electron chi connectivity index (χ0n) is 11.4. The summed E-state index contributed by atoms with van der Waals surface area (Å²) in [4.78, 5) is 14.1. The van der Waals surface area contributed by atoms with Crippen molar-refractivity contribution in [2.24, 2.45) is 5.92 Å². The van der Waals surface area contributed by atoms with E-state index in [4.69, 9.17) is 0 Å². The minimum Gasteiger partial charge on any atom is -0.309 e. The number of halogens is 1. The molecule has 0 bridgehead atoms. The van der Waals surface area contributed by atoms with Gasteiger partial charge in [-0.3, -0.25) is 4.79 Å². The number of hydrogen-bond donors (Lipinski definition) is 0. The van der Waals surface area contributed by atoms with Crippen molar-refractivity contribution in [3.8, 4) is 0 Å². The highest BCUT2D eigenvalue weighted by molar-refractivity contribution is 6.00. The molecule has 0 amide bonds. The minimum atomic E-state index is -0.287. The Morgan fingerprint density at radius 1 is 1.44 bits per heavy atom. The Hall–Kier alpha value is -1.48. The molecule has 3 heteroatoms. The van der Waals surface area contributed by atoms with Crippen molar-refractivity contribution in [1.29, 1.82) is 0 Å². The van der Waals surface area contributed by atoms with Gasteiger partial charge < -0.3 is 4.90 Å². The zero-order chi connectivity index (χ0) is 13.7. The highest BCUT2D eigenvalue weighted by Crippen LogP contribution is 2.13. The van der Waals surface area contributed by atoms with Crippen LogP contribution in [0.3, 0.4) is 0 Å². The topological polar surface area (TPSA) is 20.3 Å². The monoisotopic (exact) mass is 249 g/mol. The second-order valence-corrected chi connectivity index (χ2v) is 4.91. The molecule has 0 aromatic heterocycles. The highest BCUT2D eigenvalue weighted by atomic mass is 19.1. The van der Waals surface area contributed by atoms with Crippen LogP contribution in [0.1, 0.15) is 19.4 Å². The maximum atomic E-state index is 13.0. The molecular weight excluding hydrogens is 229 g/mol.